The summed E-state index contributed by atoms with van der Waals surface area (Å²) in [6.07, 6.45) is 0. The van der Waals surface area contributed by atoms with Crippen molar-refractivity contribution in [3.8, 4) is 11.5 Å². The number of benzene rings is 4. The number of fused-ring (bicyclic) bond motifs is 2. The molecule has 0 unspecified atom stereocenters. The minimum absolute atomic E-state index is 0.229. The van der Waals surface area contributed by atoms with Gasteiger partial charge in [-0.3, -0.25) is 4.79 Å². The molecular weight excluding hydrogens is 396 g/mol. The van der Waals surface area contributed by atoms with Gasteiger partial charge in [0.15, 0.2) is 5.58 Å². The number of carbonyl (C=O) groups excluding carboxylic acids is 1. The zero-order valence-electron chi connectivity index (χ0n) is 16.1. The number of nitrogens with zero attached hydrogens (tertiary/aromatic N) is 1. The molecule has 4 nitrogen and oxygen atoms in total. The third kappa shape index (κ3) is 3.42. The van der Waals surface area contributed by atoms with Crippen molar-refractivity contribution in [2.24, 2.45) is 0 Å². The van der Waals surface area contributed by atoms with Gasteiger partial charge >= 0.3 is 0 Å². The fourth-order valence-corrected chi connectivity index (χ4v) is 3.60. The molecule has 0 spiro atoms. The molecule has 0 atom stereocenters. The standard InChI is InChI=1S/C25H17ClN2O2/c1-15-6-11-23-22(12-15)28-25(30-23)19-9-10-20(26)21(14-19)27-24(29)18-8-7-16-4-2-3-5-17(16)13-18/h2-14H,1H3,(H,27,29). The van der Waals surface area contributed by atoms with Gasteiger partial charge in [-0.25, -0.2) is 4.98 Å². The van der Waals surface area contributed by atoms with Crippen LogP contribution < -0.4 is 5.32 Å². The largest absolute Gasteiger partial charge is 0.436 e. The molecule has 0 aliphatic heterocycles. The van der Waals surface area contributed by atoms with Crippen LogP contribution in [0.3, 0.4) is 0 Å². The molecule has 0 saturated carbocycles. The van der Waals surface area contributed by atoms with E-state index in [9.17, 15) is 4.79 Å². The first-order valence-electron chi connectivity index (χ1n) is 9.54. The highest BCUT2D eigenvalue weighted by Gasteiger charge is 2.13. The summed E-state index contributed by atoms with van der Waals surface area (Å²) >= 11 is 6.34. The van der Waals surface area contributed by atoms with E-state index < -0.39 is 0 Å². The van der Waals surface area contributed by atoms with Crippen LogP contribution in [0.5, 0.6) is 0 Å². The summed E-state index contributed by atoms with van der Waals surface area (Å²) in [6, 6.07) is 24.7. The molecule has 0 aliphatic rings. The first kappa shape index (κ1) is 18.4. The number of hydrogen-bond donors (Lipinski definition) is 1. The van der Waals surface area contributed by atoms with Gasteiger partial charge in [-0.2, -0.15) is 0 Å². The van der Waals surface area contributed by atoms with Crippen LogP contribution in [0.15, 0.2) is 83.3 Å². The Morgan fingerprint density at radius 2 is 1.77 bits per heavy atom. The highest BCUT2D eigenvalue weighted by atomic mass is 35.5. The average Bonchev–Trinajstić information content (AvgIpc) is 3.18. The fraction of sp³-hybridized carbons (Fsp3) is 0.0400. The average molecular weight is 413 g/mol. The van der Waals surface area contributed by atoms with Gasteiger partial charge in [0.1, 0.15) is 5.52 Å². The van der Waals surface area contributed by atoms with Crippen molar-refractivity contribution in [1.29, 1.82) is 0 Å². The monoisotopic (exact) mass is 412 g/mol. The molecule has 0 radical (unpaired) electrons. The number of amides is 1. The third-order valence-electron chi connectivity index (χ3n) is 5.02. The molecule has 1 amide bonds. The van der Waals surface area contributed by atoms with Crippen LogP contribution in [0.25, 0.3) is 33.3 Å². The van der Waals surface area contributed by atoms with Crippen molar-refractivity contribution in [2.75, 3.05) is 5.32 Å². The van der Waals surface area contributed by atoms with E-state index in [1.165, 1.54) is 0 Å². The Morgan fingerprint density at radius 3 is 2.63 bits per heavy atom. The molecule has 0 aliphatic carbocycles. The Hall–Kier alpha value is -3.63. The van der Waals surface area contributed by atoms with Crippen LogP contribution in [-0.4, -0.2) is 10.9 Å². The van der Waals surface area contributed by atoms with Gasteiger partial charge in [0, 0.05) is 11.1 Å². The third-order valence-corrected chi connectivity index (χ3v) is 5.35. The van der Waals surface area contributed by atoms with E-state index in [0.717, 1.165) is 27.4 Å². The van der Waals surface area contributed by atoms with Gasteiger partial charge in [0.2, 0.25) is 5.89 Å². The molecule has 0 saturated heterocycles. The van der Waals surface area contributed by atoms with E-state index in [1.54, 1.807) is 18.2 Å². The number of anilines is 1. The van der Waals surface area contributed by atoms with Gasteiger partial charge in [0.05, 0.1) is 10.7 Å². The Kier molecular flexibility index (Phi) is 4.49. The number of oxazole rings is 1. The summed E-state index contributed by atoms with van der Waals surface area (Å²) in [5.41, 5.74) is 4.43. The first-order valence-corrected chi connectivity index (χ1v) is 9.92. The minimum atomic E-state index is -0.229. The van der Waals surface area contributed by atoms with E-state index in [1.807, 2.05) is 67.6 Å². The highest BCUT2D eigenvalue weighted by Crippen LogP contribution is 2.31. The van der Waals surface area contributed by atoms with Crippen LogP contribution in [0.1, 0.15) is 15.9 Å². The van der Waals surface area contributed by atoms with Crippen molar-refractivity contribution < 1.29 is 9.21 Å². The first-order chi connectivity index (χ1) is 14.6. The van der Waals surface area contributed by atoms with E-state index in [2.05, 4.69) is 10.3 Å². The zero-order chi connectivity index (χ0) is 20.7. The van der Waals surface area contributed by atoms with E-state index in [4.69, 9.17) is 16.0 Å². The predicted octanol–water partition coefficient (Wildman–Crippen LogP) is 6.86. The SMILES string of the molecule is Cc1ccc2oc(-c3ccc(Cl)c(NC(=O)c4ccc5ccccc5c4)c3)nc2c1. The quantitative estimate of drug-likeness (QED) is 0.352. The molecule has 4 aromatic carbocycles. The van der Waals surface area contributed by atoms with Gasteiger partial charge in [-0.05, 0) is 65.7 Å². The number of aromatic nitrogens is 1. The zero-order valence-corrected chi connectivity index (χ0v) is 16.9. The molecule has 1 aromatic heterocycles. The molecular formula is C25H17ClN2O2. The Bertz CT molecular complexity index is 1420. The van der Waals surface area contributed by atoms with E-state index >= 15 is 0 Å². The van der Waals surface area contributed by atoms with E-state index in [0.29, 0.717) is 27.7 Å². The van der Waals surface area contributed by atoms with Crippen LogP contribution in [-0.2, 0) is 0 Å². The maximum absolute atomic E-state index is 12.8. The molecule has 5 rings (SSSR count). The number of aryl methyl sites for hydroxylation is 1. The molecule has 1 N–H and O–H groups in total. The number of rotatable bonds is 3. The normalized spacial score (nSPS) is 11.1. The molecule has 5 heteroatoms. The van der Waals surface area contributed by atoms with Crippen molar-refractivity contribution in [1.82, 2.24) is 4.98 Å². The summed E-state index contributed by atoms with van der Waals surface area (Å²) in [6.45, 7) is 2.01. The molecule has 5 aromatic rings. The molecule has 30 heavy (non-hydrogen) atoms. The molecule has 146 valence electrons. The van der Waals surface area contributed by atoms with Gasteiger partial charge in [-0.15, -0.1) is 0 Å². The Labute approximate surface area is 178 Å². The van der Waals surface area contributed by atoms with E-state index in [-0.39, 0.29) is 5.91 Å². The van der Waals surface area contributed by atoms with Gasteiger partial charge in [0.25, 0.3) is 5.91 Å². The fourth-order valence-electron chi connectivity index (χ4n) is 3.44. The highest BCUT2D eigenvalue weighted by molar-refractivity contribution is 6.34. The summed E-state index contributed by atoms with van der Waals surface area (Å²) in [4.78, 5) is 17.4. The molecule has 0 fully saturated rings. The van der Waals surface area contributed by atoms with Crippen LogP contribution >= 0.6 is 11.6 Å². The molecule has 1 heterocycles. The summed E-state index contributed by atoms with van der Waals surface area (Å²) in [7, 11) is 0. The lowest BCUT2D eigenvalue weighted by molar-refractivity contribution is 0.102. The number of halogens is 1. The van der Waals surface area contributed by atoms with Crippen LogP contribution in [0.2, 0.25) is 5.02 Å². The summed E-state index contributed by atoms with van der Waals surface area (Å²) < 4.78 is 5.87. The van der Waals surface area contributed by atoms with Crippen molar-refractivity contribution in [2.45, 2.75) is 6.92 Å². The second kappa shape index (κ2) is 7.32. The Balaban J connectivity index is 1.47. The van der Waals surface area contributed by atoms with Gasteiger partial charge in [-0.1, -0.05) is 48.0 Å². The number of hydrogen-bond acceptors (Lipinski definition) is 3. The molecule has 0 bridgehead atoms. The van der Waals surface area contributed by atoms with Crippen LogP contribution in [0, 0.1) is 6.92 Å². The number of nitrogens with one attached hydrogen (secondary N) is 1. The summed E-state index contributed by atoms with van der Waals surface area (Å²) in [5, 5.41) is 5.44. The smallest absolute Gasteiger partial charge is 0.255 e. The summed E-state index contributed by atoms with van der Waals surface area (Å²) in [5.74, 6) is 0.251. The van der Waals surface area contributed by atoms with Gasteiger partial charge < -0.3 is 9.73 Å². The predicted molar refractivity (Wildman–Crippen MR) is 121 cm³/mol. The second-order valence-corrected chi connectivity index (χ2v) is 7.61. The second-order valence-electron chi connectivity index (χ2n) is 7.20. The topological polar surface area (TPSA) is 55.1 Å². The van der Waals surface area contributed by atoms with Crippen LogP contribution in [0.4, 0.5) is 5.69 Å². The lowest BCUT2D eigenvalue weighted by atomic mass is 10.1. The minimum Gasteiger partial charge on any atom is -0.436 e. The maximum Gasteiger partial charge on any atom is 0.255 e. The lowest BCUT2D eigenvalue weighted by Crippen LogP contribution is -2.12. The maximum atomic E-state index is 12.8. The lowest BCUT2D eigenvalue weighted by Gasteiger charge is -2.09. The van der Waals surface area contributed by atoms with Crippen molar-refractivity contribution >= 4 is 45.1 Å². The Morgan fingerprint density at radius 1 is 0.933 bits per heavy atom. The van der Waals surface area contributed by atoms with Crippen molar-refractivity contribution in [3.63, 3.8) is 0 Å². The van der Waals surface area contributed by atoms with Crippen molar-refractivity contribution in [3.05, 3.63) is 95.0 Å². The number of carbonyl (C=O) groups is 1.